The zero-order valence-electron chi connectivity index (χ0n) is 9.44. The zero-order valence-corrected chi connectivity index (χ0v) is 10.3. The quantitative estimate of drug-likeness (QED) is 0.858. The van der Waals surface area contributed by atoms with Crippen LogP contribution >= 0.6 is 11.3 Å². The molecule has 0 aromatic carbocycles. The number of nitrogens with two attached hydrogens (primary N) is 1. The van der Waals surface area contributed by atoms with Gasteiger partial charge in [-0.2, -0.15) is 0 Å². The summed E-state index contributed by atoms with van der Waals surface area (Å²) in [5, 5.41) is 8.46. The number of rotatable bonds is 2. The second-order valence-electron chi connectivity index (χ2n) is 4.59. The van der Waals surface area contributed by atoms with Gasteiger partial charge in [-0.3, -0.25) is 4.40 Å². The molecule has 2 aromatic heterocycles. The number of hydrogen-bond donors (Lipinski definition) is 1. The van der Waals surface area contributed by atoms with E-state index in [-0.39, 0.29) is 0 Å². The lowest BCUT2D eigenvalue weighted by Crippen LogP contribution is -2.13. The van der Waals surface area contributed by atoms with E-state index in [4.69, 9.17) is 5.73 Å². The fraction of sp³-hybridized carbons (Fsp3) is 0.636. The predicted molar refractivity (Wildman–Crippen MR) is 64.8 cm³/mol. The summed E-state index contributed by atoms with van der Waals surface area (Å²) in [6, 6.07) is 0. The van der Waals surface area contributed by atoms with Crippen molar-refractivity contribution in [3.63, 3.8) is 0 Å². The molecule has 0 aliphatic heterocycles. The number of thiazole rings is 1. The first-order chi connectivity index (χ1) is 7.79. The van der Waals surface area contributed by atoms with E-state index < -0.39 is 0 Å². The molecule has 1 atom stereocenters. The van der Waals surface area contributed by atoms with Crippen molar-refractivity contribution >= 4 is 16.3 Å². The van der Waals surface area contributed by atoms with Crippen LogP contribution in [0.2, 0.25) is 0 Å². The Morgan fingerprint density at radius 2 is 2.38 bits per heavy atom. The molecule has 5 heteroatoms. The van der Waals surface area contributed by atoms with Crippen LogP contribution in [0.5, 0.6) is 0 Å². The van der Waals surface area contributed by atoms with Gasteiger partial charge < -0.3 is 5.73 Å². The zero-order chi connectivity index (χ0) is 11.1. The monoisotopic (exact) mass is 236 g/mol. The average Bonchev–Trinajstić information content (AvgIpc) is 2.78. The van der Waals surface area contributed by atoms with Gasteiger partial charge in [0.1, 0.15) is 5.82 Å². The first-order valence-corrected chi connectivity index (χ1v) is 6.66. The summed E-state index contributed by atoms with van der Waals surface area (Å²) >= 11 is 1.80. The van der Waals surface area contributed by atoms with Crippen LogP contribution in [0, 0.1) is 5.92 Å². The van der Waals surface area contributed by atoms with Gasteiger partial charge in [-0.05, 0) is 31.7 Å². The maximum atomic E-state index is 5.60. The van der Waals surface area contributed by atoms with Crippen LogP contribution in [0.25, 0.3) is 4.96 Å². The Labute approximate surface area is 98.5 Å². The molecule has 0 spiro atoms. The predicted octanol–water partition coefficient (Wildman–Crippen LogP) is 1.42. The van der Waals surface area contributed by atoms with Crippen molar-refractivity contribution in [1.29, 1.82) is 0 Å². The average molecular weight is 236 g/mol. The van der Waals surface area contributed by atoms with Gasteiger partial charge in [-0.1, -0.05) is 18.3 Å². The maximum absolute atomic E-state index is 5.60. The van der Waals surface area contributed by atoms with Gasteiger partial charge in [0.05, 0.1) is 0 Å². The van der Waals surface area contributed by atoms with E-state index in [1.54, 1.807) is 11.3 Å². The van der Waals surface area contributed by atoms with Crippen molar-refractivity contribution in [3.05, 3.63) is 16.4 Å². The Morgan fingerprint density at radius 3 is 3.19 bits per heavy atom. The second kappa shape index (κ2) is 3.82. The molecule has 2 aromatic rings. The van der Waals surface area contributed by atoms with Gasteiger partial charge in [0.2, 0.25) is 4.96 Å². The van der Waals surface area contributed by atoms with E-state index in [0.29, 0.717) is 6.54 Å². The van der Waals surface area contributed by atoms with Gasteiger partial charge in [0.15, 0.2) is 0 Å². The normalized spacial score (nSPS) is 20.2. The number of aromatic nitrogens is 3. The van der Waals surface area contributed by atoms with Gasteiger partial charge in [0, 0.05) is 17.0 Å². The highest BCUT2D eigenvalue weighted by molar-refractivity contribution is 7.17. The Morgan fingerprint density at radius 1 is 1.50 bits per heavy atom. The van der Waals surface area contributed by atoms with Crippen molar-refractivity contribution in [2.45, 2.75) is 32.6 Å². The largest absolute Gasteiger partial charge is 0.330 e. The van der Waals surface area contributed by atoms with Gasteiger partial charge in [0.25, 0.3) is 0 Å². The molecule has 0 amide bonds. The molecule has 2 heterocycles. The lowest BCUT2D eigenvalue weighted by Gasteiger charge is -2.17. The molecule has 86 valence electrons. The summed E-state index contributed by atoms with van der Waals surface area (Å²) in [5.41, 5.74) is 7.04. The van der Waals surface area contributed by atoms with Gasteiger partial charge in [-0.25, -0.2) is 0 Å². The molecule has 0 fully saturated rings. The molecule has 1 aliphatic rings. The van der Waals surface area contributed by atoms with E-state index in [1.807, 2.05) is 0 Å². The maximum Gasteiger partial charge on any atom is 0.216 e. The summed E-state index contributed by atoms with van der Waals surface area (Å²) in [5.74, 6) is 1.84. The van der Waals surface area contributed by atoms with E-state index in [9.17, 15) is 0 Å². The first-order valence-electron chi connectivity index (χ1n) is 5.84. The third-order valence-corrected chi connectivity index (χ3v) is 4.38. The minimum Gasteiger partial charge on any atom is -0.330 e. The van der Waals surface area contributed by atoms with Crippen molar-refractivity contribution in [2.24, 2.45) is 11.7 Å². The lowest BCUT2D eigenvalue weighted by atomic mass is 9.93. The number of nitrogens with zero attached hydrogens (tertiary/aromatic N) is 3. The standard InChI is InChI=1S/C11H16N4S/c1-7-2-3-8-9(6-7)16-11-14-13-10(4-5-12)15(8)11/h7H,2-6,12H2,1H3. The van der Waals surface area contributed by atoms with Gasteiger partial charge in [-0.15, -0.1) is 10.2 Å². The molecular weight excluding hydrogens is 220 g/mol. The molecule has 1 aliphatic carbocycles. The molecular formula is C11H16N4S. The Kier molecular flexibility index (Phi) is 2.44. The van der Waals surface area contributed by atoms with Crippen molar-refractivity contribution in [1.82, 2.24) is 14.6 Å². The minimum atomic E-state index is 0.641. The van der Waals surface area contributed by atoms with E-state index in [2.05, 4.69) is 21.5 Å². The van der Waals surface area contributed by atoms with E-state index >= 15 is 0 Å². The van der Waals surface area contributed by atoms with Crippen LogP contribution < -0.4 is 5.73 Å². The lowest BCUT2D eigenvalue weighted by molar-refractivity contribution is 0.498. The third kappa shape index (κ3) is 1.46. The van der Waals surface area contributed by atoms with Crippen molar-refractivity contribution in [3.8, 4) is 0 Å². The van der Waals surface area contributed by atoms with E-state index in [0.717, 1.165) is 29.5 Å². The van der Waals surface area contributed by atoms with Crippen LogP contribution in [0.1, 0.15) is 29.7 Å². The smallest absolute Gasteiger partial charge is 0.216 e. The molecule has 2 N–H and O–H groups in total. The third-order valence-electron chi connectivity index (χ3n) is 3.28. The van der Waals surface area contributed by atoms with Crippen LogP contribution in [0.15, 0.2) is 0 Å². The van der Waals surface area contributed by atoms with Gasteiger partial charge >= 0.3 is 0 Å². The Bertz CT molecular complexity index is 513. The minimum absolute atomic E-state index is 0.641. The topological polar surface area (TPSA) is 56.2 Å². The van der Waals surface area contributed by atoms with Crippen LogP contribution in [-0.2, 0) is 19.3 Å². The summed E-state index contributed by atoms with van der Waals surface area (Å²) in [7, 11) is 0. The highest BCUT2D eigenvalue weighted by Crippen LogP contribution is 2.32. The number of aryl methyl sites for hydroxylation is 1. The number of hydrogen-bond acceptors (Lipinski definition) is 4. The van der Waals surface area contributed by atoms with Crippen LogP contribution in [0.3, 0.4) is 0 Å². The molecule has 0 bridgehead atoms. The summed E-state index contributed by atoms with van der Waals surface area (Å²) < 4.78 is 2.23. The highest BCUT2D eigenvalue weighted by atomic mass is 32.1. The highest BCUT2D eigenvalue weighted by Gasteiger charge is 2.22. The SMILES string of the molecule is CC1CCc2c(sc3nnc(CCN)n23)C1. The molecule has 3 rings (SSSR count). The molecule has 0 saturated carbocycles. The molecule has 0 saturated heterocycles. The summed E-state index contributed by atoms with van der Waals surface area (Å²) in [6.07, 6.45) is 4.45. The van der Waals surface area contributed by atoms with Crippen molar-refractivity contribution < 1.29 is 0 Å². The molecule has 16 heavy (non-hydrogen) atoms. The molecule has 4 nitrogen and oxygen atoms in total. The summed E-state index contributed by atoms with van der Waals surface area (Å²) in [4.78, 5) is 2.55. The molecule has 0 radical (unpaired) electrons. The van der Waals surface area contributed by atoms with Crippen molar-refractivity contribution in [2.75, 3.05) is 6.54 Å². The number of fused-ring (bicyclic) bond motifs is 3. The second-order valence-corrected chi connectivity index (χ2v) is 5.65. The fourth-order valence-corrected chi connectivity index (χ4v) is 3.72. The Balaban J connectivity index is 2.13. The van der Waals surface area contributed by atoms with Crippen LogP contribution in [-0.4, -0.2) is 21.1 Å². The fourth-order valence-electron chi connectivity index (χ4n) is 2.43. The van der Waals surface area contributed by atoms with E-state index in [1.165, 1.54) is 23.4 Å². The Hall–Kier alpha value is -0.940. The summed E-state index contributed by atoms with van der Waals surface area (Å²) in [6.45, 7) is 2.96. The molecule has 1 unspecified atom stereocenters. The van der Waals surface area contributed by atoms with Crippen LogP contribution in [0.4, 0.5) is 0 Å². The first kappa shape index (κ1) is 10.2.